The number of nitrogens with zero attached hydrogens (tertiary/aromatic N) is 2. The molecule has 0 aliphatic heterocycles. The molecule has 1 rings (SSSR count). The molecule has 0 saturated carbocycles. The Morgan fingerprint density at radius 1 is 1.75 bits per heavy atom. The Bertz CT molecular complexity index is 352. The minimum absolute atomic E-state index is 0.240. The summed E-state index contributed by atoms with van der Waals surface area (Å²) in [5, 5.41) is 0.487. The second-order valence-corrected chi connectivity index (χ2v) is 4.60. The molecular weight excluding hydrogens is 305 g/mol. The van der Waals surface area contributed by atoms with Crippen molar-refractivity contribution < 1.29 is 8.78 Å². The molecule has 0 aliphatic carbocycles. The highest BCUT2D eigenvalue weighted by Gasteiger charge is 2.41. The molecule has 1 unspecified atom stereocenters. The molecule has 1 atom stereocenters. The largest absolute Gasteiger partial charge is 0.343 e. The van der Waals surface area contributed by atoms with Crippen LogP contribution in [0.4, 0.5) is 8.78 Å². The molecule has 0 amide bonds. The van der Waals surface area contributed by atoms with Crippen molar-refractivity contribution in [3.8, 4) is 0 Å². The number of rotatable bonds is 5. The summed E-state index contributed by atoms with van der Waals surface area (Å²) in [7, 11) is 0. The Morgan fingerprint density at radius 3 is 2.81 bits per heavy atom. The van der Waals surface area contributed by atoms with E-state index in [9.17, 15) is 8.78 Å². The molecule has 4 nitrogen and oxygen atoms in total. The van der Waals surface area contributed by atoms with Crippen LogP contribution in [0, 0.1) is 0 Å². The number of aryl methyl sites for hydroxylation is 1. The van der Waals surface area contributed by atoms with Crippen LogP contribution in [0.15, 0.2) is 10.7 Å². The van der Waals surface area contributed by atoms with Crippen LogP contribution in [0.25, 0.3) is 0 Å². The quantitative estimate of drug-likeness (QED) is 0.498. The summed E-state index contributed by atoms with van der Waals surface area (Å²) >= 11 is 8.15. The number of alkyl halides is 3. The van der Waals surface area contributed by atoms with Gasteiger partial charge in [-0.1, -0.05) is 6.92 Å². The van der Waals surface area contributed by atoms with Crippen molar-refractivity contribution in [2.75, 3.05) is 0 Å². The van der Waals surface area contributed by atoms with Crippen LogP contribution in [0.5, 0.6) is 0 Å². The third-order valence-corrected chi connectivity index (χ3v) is 2.87. The highest BCUT2D eigenvalue weighted by atomic mass is 79.9. The zero-order valence-electron chi connectivity index (χ0n) is 8.55. The van der Waals surface area contributed by atoms with Gasteiger partial charge in [0.1, 0.15) is 6.04 Å². The van der Waals surface area contributed by atoms with Crippen molar-refractivity contribution >= 4 is 27.5 Å². The molecule has 0 spiro atoms. The average Bonchev–Trinajstić information content (AvgIpc) is 2.49. The van der Waals surface area contributed by atoms with Gasteiger partial charge in [-0.2, -0.15) is 13.9 Å². The van der Waals surface area contributed by atoms with Gasteiger partial charge >= 0.3 is 5.38 Å². The Morgan fingerprint density at radius 2 is 2.38 bits per heavy atom. The fourth-order valence-corrected chi connectivity index (χ4v) is 2.07. The summed E-state index contributed by atoms with van der Waals surface area (Å²) < 4.78 is 28.1. The lowest BCUT2D eigenvalue weighted by molar-refractivity contribution is 0.0458. The van der Waals surface area contributed by atoms with Gasteiger partial charge in [-0.25, -0.2) is 5.43 Å². The van der Waals surface area contributed by atoms with Gasteiger partial charge in [0.2, 0.25) is 0 Å². The van der Waals surface area contributed by atoms with E-state index in [4.69, 9.17) is 17.4 Å². The van der Waals surface area contributed by atoms with Crippen LogP contribution < -0.4 is 11.3 Å². The Kier molecular flexibility index (Phi) is 4.66. The number of nitrogens with two attached hydrogens (primary N) is 1. The first kappa shape index (κ1) is 13.8. The van der Waals surface area contributed by atoms with Crippen LogP contribution in [0.3, 0.4) is 0 Å². The number of halogens is 4. The topological polar surface area (TPSA) is 55.9 Å². The molecule has 92 valence electrons. The summed E-state index contributed by atoms with van der Waals surface area (Å²) in [4.78, 5) is 0. The van der Waals surface area contributed by atoms with E-state index in [0.29, 0.717) is 11.0 Å². The van der Waals surface area contributed by atoms with Crippen LogP contribution in [-0.4, -0.2) is 15.2 Å². The van der Waals surface area contributed by atoms with E-state index in [1.54, 1.807) is 0 Å². The number of hydrogen-bond donors (Lipinski definition) is 2. The molecule has 0 aromatic carbocycles. The smallest absolute Gasteiger partial charge is 0.271 e. The zero-order chi connectivity index (χ0) is 12.3. The molecule has 0 radical (unpaired) electrons. The SMILES string of the molecule is CCCn1ncc(Br)c1C(NN)C(F)(F)Cl. The summed E-state index contributed by atoms with van der Waals surface area (Å²) in [6, 6.07) is -1.49. The predicted octanol–water partition coefficient (Wildman–Crippen LogP) is 2.39. The minimum atomic E-state index is -3.48. The Balaban J connectivity index is 3.13. The monoisotopic (exact) mass is 316 g/mol. The van der Waals surface area contributed by atoms with Crippen molar-refractivity contribution in [2.24, 2.45) is 5.84 Å². The number of nitrogens with one attached hydrogen (secondary N) is 1. The second-order valence-electron chi connectivity index (χ2n) is 3.24. The molecule has 0 saturated heterocycles. The molecule has 1 aromatic heterocycles. The Labute approximate surface area is 105 Å². The minimum Gasteiger partial charge on any atom is -0.271 e. The van der Waals surface area contributed by atoms with Gasteiger partial charge in [0, 0.05) is 6.54 Å². The second kappa shape index (κ2) is 5.39. The molecule has 1 heterocycles. The van der Waals surface area contributed by atoms with Crippen molar-refractivity contribution in [1.29, 1.82) is 0 Å². The molecule has 16 heavy (non-hydrogen) atoms. The zero-order valence-corrected chi connectivity index (χ0v) is 10.9. The molecule has 0 aliphatic rings. The van der Waals surface area contributed by atoms with Gasteiger partial charge in [-0.05, 0) is 34.0 Å². The van der Waals surface area contributed by atoms with Gasteiger partial charge in [0.15, 0.2) is 0 Å². The van der Waals surface area contributed by atoms with E-state index in [-0.39, 0.29) is 5.69 Å². The van der Waals surface area contributed by atoms with E-state index >= 15 is 0 Å². The third kappa shape index (κ3) is 2.91. The van der Waals surface area contributed by atoms with Gasteiger partial charge in [-0.15, -0.1) is 0 Å². The van der Waals surface area contributed by atoms with Crippen LogP contribution in [0.2, 0.25) is 0 Å². The van der Waals surface area contributed by atoms with Crippen LogP contribution in [-0.2, 0) is 6.54 Å². The van der Waals surface area contributed by atoms with Crippen molar-refractivity contribution in [1.82, 2.24) is 15.2 Å². The van der Waals surface area contributed by atoms with Crippen molar-refractivity contribution in [3.63, 3.8) is 0 Å². The Hall–Kier alpha value is -0.240. The molecule has 1 aromatic rings. The van der Waals surface area contributed by atoms with Crippen LogP contribution in [0.1, 0.15) is 25.1 Å². The number of aromatic nitrogens is 2. The third-order valence-electron chi connectivity index (χ3n) is 2.04. The summed E-state index contributed by atoms with van der Waals surface area (Å²) in [6.45, 7) is 2.44. The van der Waals surface area contributed by atoms with Crippen molar-refractivity contribution in [2.45, 2.75) is 31.3 Å². The summed E-state index contributed by atoms with van der Waals surface area (Å²) in [6.07, 6.45) is 2.21. The lowest BCUT2D eigenvalue weighted by Crippen LogP contribution is -2.39. The fourth-order valence-electron chi connectivity index (χ4n) is 1.38. The van der Waals surface area contributed by atoms with E-state index < -0.39 is 11.4 Å². The number of hydrazine groups is 1. The molecular formula is C8H12BrClF2N4. The lowest BCUT2D eigenvalue weighted by Gasteiger charge is -2.22. The van der Waals surface area contributed by atoms with Gasteiger partial charge in [-0.3, -0.25) is 10.5 Å². The molecule has 8 heteroatoms. The maximum atomic E-state index is 13.1. The first-order chi connectivity index (χ1) is 7.41. The standard InChI is InChI=1S/C8H12BrClF2N4/c1-2-3-16-6(5(9)4-14-16)7(15-13)8(10,11)12/h4,7,15H,2-3,13H2,1H3. The lowest BCUT2D eigenvalue weighted by atomic mass is 10.2. The van der Waals surface area contributed by atoms with E-state index in [1.807, 2.05) is 12.3 Å². The highest BCUT2D eigenvalue weighted by Crippen LogP contribution is 2.37. The van der Waals surface area contributed by atoms with Crippen LogP contribution >= 0.6 is 27.5 Å². The number of hydrogen-bond acceptors (Lipinski definition) is 3. The van der Waals surface area contributed by atoms with Gasteiger partial charge in [0.25, 0.3) is 0 Å². The maximum Gasteiger partial charge on any atom is 0.343 e. The summed E-state index contributed by atoms with van der Waals surface area (Å²) in [5.41, 5.74) is 2.25. The van der Waals surface area contributed by atoms with E-state index in [0.717, 1.165) is 6.42 Å². The maximum absolute atomic E-state index is 13.1. The first-order valence-corrected chi connectivity index (χ1v) is 5.83. The first-order valence-electron chi connectivity index (χ1n) is 4.65. The van der Waals surface area contributed by atoms with Gasteiger partial charge < -0.3 is 0 Å². The normalized spacial score (nSPS) is 14.1. The fraction of sp³-hybridized carbons (Fsp3) is 0.625. The molecule has 3 N–H and O–H groups in total. The van der Waals surface area contributed by atoms with Crippen molar-refractivity contribution in [3.05, 3.63) is 16.4 Å². The van der Waals surface area contributed by atoms with Gasteiger partial charge in [0.05, 0.1) is 16.4 Å². The predicted molar refractivity (Wildman–Crippen MR) is 61.1 cm³/mol. The molecule has 0 fully saturated rings. The molecule has 0 bridgehead atoms. The highest BCUT2D eigenvalue weighted by molar-refractivity contribution is 9.10. The van der Waals surface area contributed by atoms with E-state index in [1.165, 1.54) is 10.9 Å². The summed E-state index contributed by atoms with van der Waals surface area (Å²) in [5.74, 6) is 5.11. The average molecular weight is 318 g/mol. The van der Waals surface area contributed by atoms with E-state index in [2.05, 4.69) is 21.0 Å².